The smallest absolute Gasteiger partial charge is 0.254 e. The second kappa shape index (κ2) is 10.4. The fourth-order valence-corrected chi connectivity index (χ4v) is 3.76. The zero-order valence-corrected chi connectivity index (χ0v) is 18.2. The van der Waals surface area contributed by atoms with Gasteiger partial charge in [-0.15, -0.1) is 0 Å². The van der Waals surface area contributed by atoms with Gasteiger partial charge in [-0.3, -0.25) is 9.59 Å². The van der Waals surface area contributed by atoms with E-state index in [1.54, 1.807) is 22.1 Å². The summed E-state index contributed by atoms with van der Waals surface area (Å²) < 4.78 is 11.2. The lowest BCUT2D eigenvalue weighted by Crippen LogP contribution is -2.46. The average Bonchev–Trinajstić information content (AvgIpc) is 3.40. The van der Waals surface area contributed by atoms with Gasteiger partial charge in [0.15, 0.2) is 0 Å². The molecule has 0 N–H and O–H groups in total. The summed E-state index contributed by atoms with van der Waals surface area (Å²) in [5.74, 6) is 0.768. The third-order valence-electron chi connectivity index (χ3n) is 5.19. The lowest BCUT2D eigenvalue weighted by atomic mass is 10.1. The summed E-state index contributed by atoms with van der Waals surface area (Å²) in [6.07, 6.45) is 3.60. The summed E-state index contributed by atoms with van der Waals surface area (Å²) in [5.41, 5.74) is 1.63. The van der Waals surface area contributed by atoms with Crippen LogP contribution in [0.25, 0.3) is 0 Å². The summed E-state index contributed by atoms with van der Waals surface area (Å²) in [4.78, 5) is 29.9. The molecule has 0 aliphatic carbocycles. The van der Waals surface area contributed by atoms with E-state index in [1.165, 1.54) is 0 Å². The number of hydrogen-bond acceptors (Lipinski definition) is 4. The van der Waals surface area contributed by atoms with Crippen molar-refractivity contribution in [1.29, 1.82) is 0 Å². The Labute approximate surface area is 178 Å². The van der Waals surface area contributed by atoms with Crippen molar-refractivity contribution >= 4 is 11.8 Å². The highest BCUT2D eigenvalue weighted by molar-refractivity contribution is 5.96. The van der Waals surface area contributed by atoms with Crippen LogP contribution in [0, 0.1) is 12.8 Å². The highest BCUT2D eigenvalue weighted by atomic mass is 16.5. The van der Waals surface area contributed by atoms with Gasteiger partial charge in [0, 0.05) is 25.3 Å². The minimum absolute atomic E-state index is 0.0370. The first-order valence-corrected chi connectivity index (χ1v) is 10.7. The van der Waals surface area contributed by atoms with Crippen molar-refractivity contribution in [3.63, 3.8) is 0 Å². The van der Waals surface area contributed by atoms with E-state index >= 15 is 0 Å². The van der Waals surface area contributed by atoms with Gasteiger partial charge in [-0.25, -0.2) is 0 Å². The van der Waals surface area contributed by atoms with Crippen LogP contribution in [0.3, 0.4) is 0 Å². The number of carbonyl (C=O) groups is 2. The lowest BCUT2D eigenvalue weighted by molar-refractivity contribution is -0.134. The molecule has 1 aliphatic rings. The molecule has 2 heterocycles. The molecule has 1 aromatic heterocycles. The molecule has 0 spiro atoms. The van der Waals surface area contributed by atoms with Gasteiger partial charge < -0.3 is 19.0 Å². The van der Waals surface area contributed by atoms with Crippen molar-refractivity contribution in [2.24, 2.45) is 5.92 Å². The highest BCUT2D eigenvalue weighted by Crippen LogP contribution is 2.17. The van der Waals surface area contributed by atoms with Gasteiger partial charge in [0.05, 0.1) is 18.9 Å². The molecule has 6 nitrogen and oxygen atoms in total. The van der Waals surface area contributed by atoms with Crippen LogP contribution in [0.5, 0.6) is 0 Å². The van der Waals surface area contributed by atoms with Crippen LogP contribution in [0.2, 0.25) is 0 Å². The Morgan fingerprint density at radius 2 is 2.00 bits per heavy atom. The topological polar surface area (TPSA) is 63.0 Å². The predicted molar refractivity (Wildman–Crippen MR) is 115 cm³/mol. The van der Waals surface area contributed by atoms with Gasteiger partial charge in [-0.2, -0.15) is 0 Å². The van der Waals surface area contributed by atoms with Crippen LogP contribution in [0.1, 0.15) is 48.4 Å². The Morgan fingerprint density at radius 1 is 1.17 bits per heavy atom. The maximum atomic E-state index is 13.3. The van der Waals surface area contributed by atoms with E-state index in [1.807, 2.05) is 51.1 Å². The standard InChI is InChI=1S/C24H32N2O4/c1-18(2)14-26(24(28)20-8-4-7-19(3)13-20)17-23(27)25(15-21-9-5-11-29-21)16-22-10-6-12-30-22/h4-5,7-9,11,13,18,22H,6,10,12,14-17H2,1-3H3/t22-/m0/s1. The largest absolute Gasteiger partial charge is 0.467 e. The molecule has 2 amide bonds. The number of hydrogen-bond donors (Lipinski definition) is 0. The maximum Gasteiger partial charge on any atom is 0.254 e. The Bertz CT molecular complexity index is 825. The normalized spacial score (nSPS) is 16.1. The molecule has 1 aliphatic heterocycles. The third-order valence-corrected chi connectivity index (χ3v) is 5.19. The molecule has 0 radical (unpaired) electrons. The number of nitrogens with zero attached hydrogens (tertiary/aromatic N) is 2. The number of furan rings is 1. The summed E-state index contributed by atoms with van der Waals surface area (Å²) >= 11 is 0. The maximum absolute atomic E-state index is 13.3. The van der Waals surface area contributed by atoms with Crippen molar-refractivity contribution in [3.05, 3.63) is 59.5 Å². The Balaban J connectivity index is 1.75. The van der Waals surface area contributed by atoms with E-state index in [-0.39, 0.29) is 30.4 Å². The Kier molecular flexibility index (Phi) is 7.69. The van der Waals surface area contributed by atoms with E-state index < -0.39 is 0 Å². The summed E-state index contributed by atoms with van der Waals surface area (Å²) in [6.45, 7) is 8.24. The molecule has 2 aromatic rings. The van der Waals surface area contributed by atoms with Gasteiger partial charge >= 0.3 is 0 Å². The quantitative estimate of drug-likeness (QED) is 0.627. The van der Waals surface area contributed by atoms with E-state index in [2.05, 4.69) is 0 Å². The SMILES string of the molecule is Cc1cccc(C(=O)N(CC(=O)N(Cc2ccco2)C[C@@H]2CCCO2)CC(C)C)c1. The van der Waals surface area contributed by atoms with Crippen molar-refractivity contribution in [1.82, 2.24) is 9.80 Å². The molecular formula is C24H32N2O4. The van der Waals surface area contributed by atoms with Crippen LogP contribution < -0.4 is 0 Å². The molecule has 0 bridgehead atoms. The number of ether oxygens (including phenoxy) is 1. The first kappa shape index (κ1) is 22.1. The van der Waals surface area contributed by atoms with Gasteiger partial charge in [0.1, 0.15) is 12.3 Å². The fraction of sp³-hybridized carbons (Fsp3) is 0.500. The van der Waals surface area contributed by atoms with Crippen molar-refractivity contribution in [2.45, 2.75) is 46.3 Å². The zero-order chi connectivity index (χ0) is 21.5. The third kappa shape index (κ3) is 6.20. The number of carbonyl (C=O) groups excluding carboxylic acids is 2. The molecule has 1 atom stereocenters. The number of amides is 2. The molecule has 0 saturated carbocycles. The van der Waals surface area contributed by atoms with Crippen LogP contribution in [0.4, 0.5) is 0 Å². The van der Waals surface area contributed by atoms with Crippen molar-refractivity contribution < 1.29 is 18.7 Å². The predicted octanol–water partition coefficient (Wildman–Crippen LogP) is 3.89. The number of benzene rings is 1. The molecule has 1 saturated heterocycles. The summed E-state index contributed by atoms with van der Waals surface area (Å²) in [6, 6.07) is 11.2. The van der Waals surface area contributed by atoms with Gasteiger partial charge in [0.25, 0.3) is 5.91 Å². The highest BCUT2D eigenvalue weighted by Gasteiger charge is 2.27. The first-order chi connectivity index (χ1) is 14.4. The van der Waals surface area contributed by atoms with Crippen LogP contribution in [-0.4, -0.2) is 54.0 Å². The molecule has 0 unspecified atom stereocenters. The van der Waals surface area contributed by atoms with Gasteiger partial charge in [0.2, 0.25) is 5.91 Å². The zero-order valence-electron chi connectivity index (χ0n) is 18.2. The van der Waals surface area contributed by atoms with Gasteiger partial charge in [-0.05, 0) is 49.9 Å². The number of aryl methyl sites for hydroxylation is 1. The molecular weight excluding hydrogens is 380 g/mol. The average molecular weight is 413 g/mol. The fourth-order valence-electron chi connectivity index (χ4n) is 3.76. The molecule has 3 rings (SSSR count). The minimum atomic E-state index is -0.115. The van der Waals surface area contributed by atoms with Crippen molar-refractivity contribution in [2.75, 3.05) is 26.2 Å². The van der Waals surface area contributed by atoms with Crippen LogP contribution in [-0.2, 0) is 16.1 Å². The lowest BCUT2D eigenvalue weighted by Gasteiger charge is -2.29. The first-order valence-electron chi connectivity index (χ1n) is 10.7. The number of rotatable bonds is 9. The van der Waals surface area contributed by atoms with E-state index in [9.17, 15) is 9.59 Å². The van der Waals surface area contributed by atoms with Crippen LogP contribution in [0.15, 0.2) is 47.1 Å². The van der Waals surface area contributed by atoms with E-state index in [4.69, 9.17) is 9.15 Å². The molecule has 162 valence electrons. The van der Waals surface area contributed by atoms with E-state index in [0.29, 0.717) is 25.2 Å². The monoisotopic (exact) mass is 412 g/mol. The summed E-state index contributed by atoms with van der Waals surface area (Å²) in [7, 11) is 0. The molecule has 1 aromatic carbocycles. The van der Waals surface area contributed by atoms with Crippen molar-refractivity contribution in [3.8, 4) is 0 Å². The molecule has 1 fully saturated rings. The molecule has 6 heteroatoms. The van der Waals surface area contributed by atoms with Crippen LogP contribution >= 0.6 is 0 Å². The Hall–Kier alpha value is -2.60. The second-order valence-electron chi connectivity index (χ2n) is 8.44. The molecule has 30 heavy (non-hydrogen) atoms. The second-order valence-corrected chi connectivity index (χ2v) is 8.44. The van der Waals surface area contributed by atoms with Gasteiger partial charge in [-0.1, -0.05) is 31.5 Å². The minimum Gasteiger partial charge on any atom is -0.467 e. The van der Waals surface area contributed by atoms with E-state index in [0.717, 1.165) is 30.8 Å². The Morgan fingerprint density at radius 3 is 2.63 bits per heavy atom. The summed E-state index contributed by atoms with van der Waals surface area (Å²) in [5, 5.41) is 0.